The normalized spacial score (nSPS) is 24.4. The molecule has 0 unspecified atom stereocenters. The third kappa shape index (κ3) is 1.65. The molecule has 1 aromatic heterocycles. The molecule has 0 amide bonds. The van der Waals surface area contributed by atoms with E-state index in [0.717, 1.165) is 0 Å². The van der Waals surface area contributed by atoms with Crippen LogP contribution in [0.5, 0.6) is 6.01 Å². The zero-order chi connectivity index (χ0) is 11.1. The number of nitro groups is 1. The minimum atomic E-state index is -0.685. The number of hydrogen-bond donors (Lipinski definition) is 1. The summed E-state index contributed by atoms with van der Waals surface area (Å²) in [6, 6.07) is 0.199. The van der Waals surface area contributed by atoms with Crippen LogP contribution in [0.25, 0.3) is 0 Å². The lowest BCUT2D eigenvalue weighted by atomic mass is 10.0. The van der Waals surface area contributed by atoms with Gasteiger partial charge in [0.25, 0.3) is 0 Å². The Balaban J connectivity index is 2.30. The number of aryl methyl sites for hydroxylation is 1. The van der Waals surface area contributed by atoms with Crippen LogP contribution < -0.4 is 4.74 Å². The van der Waals surface area contributed by atoms with E-state index in [2.05, 4.69) is 4.98 Å². The average Bonchev–Trinajstić information content (AvgIpc) is 2.60. The van der Waals surface area contributed by atoms with Crippen LogP contribution in [0.15, 0.2) is 6.20 Å². The van der Waals surface area contributed by atoms with Crippen molar-refractivity contribution in [3.8, 4) is 6.01 Å². The maximum atomic E-state index is 10.5. The first-order valence-corrected chi connectivity index (χ1v) is 4.55. The molecule has 1 aliphatic rings. The number of imidazole rings is 1. The lowest BCUT2D eigenvalue weighted by Crippen LogP contribution is -2.41. The van der Waals surface area contributed by atoms with Gasteiger partial charge < -0.3 is 20.0 Å². The summed E-state index contributed by atoms with van der Waals surface area (Å²) in [4.78, 5) is 13.6. The van der Waals surface area contributed by atoms with Crippen LogP contribution in [0.2, 0.25) is 0 Å². The molecule has 0 aliphatic carbocycles. The Morgan fingerprint density at radius 1 is 1.87 bits per heavy atom. The fourth-order valence-corrected chi connectivity index (χ4v) is 1.45. The minimum Gasteiger partial charge on any atom is -0.437 e. The van der Waals surface area contributed by atoms with Crippen molar-refractivity contribution in [1.82, 2.24) is 9.55 Å². The van der Waals surface area contributed by atoms with Gasteiger partial charge in [-0.2, -0.15) is 0 Å². The molecule has 0 saturated carbocycles. The lowest BCUT2D eigenvalue weighted by Gasteiger charge is -2.30. The van der Waals surface area contributed by atoms with Gasteiger partial charge in [0.05, 0.1) is 6.61 Å². The molecule has 0 radical (unpaired) electrons. The van der Waals surface area contributed by atoms with Crippen molar-refractivity contribution >= 4 is 5.82 Å². The molecule has 1 atom stereocenters. The molecule has 1 N–H and O–H groups in total. The van der Waals surface area contributed by atoms with Crippen molar-refractivity contribution in [1.29, 1.82) is 0 Å². The first-order valence-electron chi connectivity index (χ1n) is 4.55. The molecule has 82 valence electrons. The van der Waals surface area contributed by atoms with Crippen LogP contribution in [0, 0.1) is 10.1 Å². The second kappa shape index (κ2) is 3.20. The Kier molecular flexibility index (Phi) is 2.11. The quantitative estimate of drug-likeness (QED) is 0.564. The van der Waals surface area contributed by atoms with Crippen LogP contribution in [-0.4, -0.2) is 31.8 Å². The van der Waals surface area contributed by atoms with Gasteiger partial charge in [0.1, 0.15) is 11.8 Å². The molecular weight excluding hydrogens is 202 g/mol. The summed E-state index contributed by atoms with van der Waals surface area (Å²) in [6.45, 7) is 2.18. The fraction of sp³-hybridized carbons (Fsp3) is 0.625. The van der Waals surface area contributed by atoms with Crippen molar-refractivity contribution in [3.05, 3.63) is 16.3 Å². The maximum absolute atomic E-state index is 10.5. The molecule has 7 nitrogen and oxygen atoms in total. The first kappa shape index (κ1) is 9.91. The third-order valence-corrected chi connectivity index (χ3v) is 2.47. The Labute approximate surface area is 85.4 Å². The third-order valence-electron chi connectivity index (χ3n) is 2.47. The number of rotatable bonds is 2. The largest absolute Gasteiger partial charge is 0.437 e. The van der Waals surface area contributed by atoms with Crippen molar-refractivity contribution < 1.29 is 14.8 Å². The number of aromatic nitrogens is 2. The van der Waals surface area contributed by atoms with Gasteiger partial charge in [-0.05, 0) is 11.8 Å². The number of aliphatic hydroxyl groups is 1. The summed E-state index contributed by atoms with van der Waals surface area (Å²) < 4.78 is 6.98. The molecular formula is C8H11N3O4. The lowest BCUT2D eigenvalue weighted by molar-refractivity contribution is -0.389. The highest BCUT2D eigenvalue weighted by molar-refractivity contribution is 5.22. The number of aliphatic hydroxyl groups excluding tert-OH is 1. The molecule has 15 heavy (non-hydrogen) atoms. The Bertz CT molecular complexity index is 403. The summed E-state index contributed by atoms with van der Waals surface area (Å²) in [6.07, 6.45) is 1.94. The van der Waals surface area contributed by atoms with E-state index in [9.17, 15) is 10.1 Å². The van der Waals surface area contributed by atoms with Gasteiger partial charge in [0.2, 0.25) is 0 Å². The molecule has 0 saturated heterocycles. The van der Waals surface area contributed by atoms with Crippen molar-refractivity contribution in [2.45, 2.75) is 25.5 Å². The van der Waals surface area contributed by atoms with Gasteiger partial charge in [0, 0.05) is 17.9 Å². The van der Waals surface area contributed by atoms with E-state index in [1.807, 2.05) is 0 Å². The van der Waals surface area contributed by atoms with E-state index in [4.69, 9.17) is 9.84 Å². The van der Waals surface area contributed by atoms with E-state index in [1.54, 1.807) is 11.5 Å². The van der Waals surface area contributed by atoms with Crippen molar-refractivity contribution in [2.75, 3.05) is 6.61 Å². The average molecular weight is 213 g/mol. The van der Waals surface area contributed by atoms with Crippen LogP contribution >= 0.6 is 0 Å². The van der Waals surface area contributed by atoms with Crippen molar-refractivity contribution in [2.24, 2.45) is 0 Å². The van der Waals surface area contributed by atoms with E-state index >= 15 is 0 Å². The number of hydrogen-bond acceptors (Lipinski definition) is 5. The second-order valence-corrected chi connectivity index (χ2v) is 3.79. The maximum Gasteiger partial charge on any atom is 0.414 e. The summed E-state index contributed by atoms with van der Waals surface area (Å²) in [7, 11) is 0. The number of nitrogens with zero attached hydrogens (tertiary/aromatic N) is 3. The van der Waals surface area contributed by atoms with E-state index in [-0.39, 0.29) is 18.4 Å². The zero-order valence-electron chi connectivity index (χ0n) is 8.21. The van der Waals surface area contributed by atoms with Crippen LogP contribution in [0.1, 0.15) is 13.3 Å². The molecule has 0 bridgehead atoms. The highest BCUT2D eigenvalue weighted by Gasteiger charge is 2.35. The highest BCUT2D eigenvalue weighted by Crippen LogP contribution is 2.29. The number of fused-ring (bicyclic) bond motifs is 1. The van der Waals surface area contributed by atoms with Crippen LogP contribution in [0.3, 0.4) is 0 Å². The van der Waals surface area contributed by atoms with Gasteiger partial charge in [-0.3, -0.25) is 4.57 Å². The van der Waals surface area contributed by atoms with E-state index in [1.165, 1.54) is 6.20 Å². The van der Waals surface area contributed by atoms with E-state index < -0.39 is 10.5 Å². The molecule has 7 heteroatoms. The number of ether oxygens (including phenoxy) is 1. The Morgan fingerprint density at radius 2 is 2.60 bits per heavy atom. The summed E-state index contributed by atoms with van der Waals surface area (Å²) in [5.74, 6) is -0.229. The zero-order valence-corrected chi connectivity index (χ0v) is 8.21. The SMILES string of the molecule is C[C@]1(CO)CCn2cc([N+](=O)[O-])nc2O1. The molecule has 2 rings (SSSR count). The minimum absolute atomic E-state index is 0.131. The molecule has 0 spiro atoms. The van der Waals surface area contributed by atoms with Crippen molar-refractivity contribution in [3.63, 3.8) is 0 Å². The van der Waals surface area contributed by atoms with Gasteiger partial charge in [0.15, 0.2) is 0 Å². The molecule has 0 aromatic carbocycles. The van der Waals surface area contributed by atoms with Crippen LogP contribution in [-0.2, 0) is 6.54 Å². The summed E-state index contributed by atoms with van der Waals surface area (Å²) >= 11 is 0. The van der Waals surface area contributed by atoms with E-state index in [0.29, 0.717) is 13.0 Å². The molecule has 1 aliphatic heterocycles. The molecule has 2 heterocycles. The summed E-state index contributed by atoms with van der Waals surface area (Å²) in [5.41, 5.74) is -0.685. The van der Waals surface area contributed by atoms with Gasteiger partial charge in [-0.15, -0.1) is 0 Å². The van der Waals surface area contributed by atoms with Crippen LogP contribution in [0.4, 0.5) is 5.82 Å². The summed E-state index contributed by atoms with van der Waals surface area (Å²) in [5, 5.41) is 19.6. The van der Waals surface area contributed by atoms with Gasteiger partial charge >= 0.3 is 11.8 Å². The monoisotopic (exact) mass is 213 g/mol. The van der Waals surface area contributed by atoms with Gasteiger partial charge in [-0.25, -0.2) is 0 Å². The van der Waals surface area contributed by atoms with Gasteiger partial charge in [-0.1, -0.05) is 0 Å². The highest BCUT2D eigenvalue weighted by atomic mass is 16.6. The smallest absolute Gasteiger partial charge is 0.414 e. The predicted molar refractivity (Wildman–Crippen MR) is 49.6 cm³/mol. The Morgan fingerprint density at radius 3 is 3.20 bits per heavy atom. The first-order chi connectivity index (χ1) is 7.04. The fourth-order valence-electron chi connectivity index (χ4n) is 1.45. The molecule has 1 aromatic rings. The second-order valence-electron chi connectivity index (χ2n) is 3.79. The standard InChI is InChI=1S/C8H11N3O4/c1-8(5-12)2-3-10-4-6(11(13)14)9-7(10)15-8/h4,12H,2-3,5H2,1H3/t8-/m1/s1. The topological polar surface area (TPSA) is 90.4 Å². The Hall–Kier alpha value is -1.63. The predicted octanol–water partition coefficient (Wildman–Crippen LogP) is 0.325. The molecule has 0 fully saturated rings.